The Bertz CT molecular complexity index is 3740. The molecule has 0 radical (unpaired) electrons. The number of benzene rings is 6. The molecule has 590 valence electrons. The first-order chi connectivity index (χ1) is 51.0. The fraction of sp³-hybridized carbons (Fsp3) is 0.429. The van der Waals surface area contributed by atoms with Gasteiger partial charge in [0, 0.05) is 111 Å². The van der Waals surface area contributed by atoms with E-state index in [1.807, 2.05) is 45.9 Å². The lowest BCUT2D eigenvalue weighted by Crippen LogP contribution is -2.41. The number of hydrogen-bond donors (Lipinski definition) is 6. The standard InChI is InChI=1S/C15H22BNO6.C15H21BO5.C10H12BNO6.C10H14BNO4.C9H9BrO3.C7H5BrO2.C4H9BrO.ClH/c1-15(2,3)22-14(18)17-8-12-10-6-5-7-11(21-9-20-4)13(10)16(19)23-12;1-14(2)15(3,4)21-16(20-14)13-11(9-17)7-6-8-12(13)19-10-18-5;1-16-6-17-8-4-2-3-7-9(5-12(14)15)18-11(13)10(7)8;1-14-6-15-8-4-2-3-7-9(5-12)16-11(13)10(7)8;1-12-6-13-8-4-2-3-7(5-11)9(8)10;8-7-5(4-9)2-1-3-6(7)10;1-6-4-2-3-5;/h5-7,12,19H,8-9H2,1-4H3,(H,17,18);6-9H,10H2,1-5H3;2-4,9,13H,5-6H2,1H3;2-4,9,13H,5-6,12H2,1H3;2-5H,6H2,1H3;1-4,10H;2-4H2,1H3;1H. The fourth-order valence-electron chi connectivity index (χ4n) is 9.87. The Morgan fingerprint density at radius 2 is 0.926 bits per heavy atom. The van der Waals surface area contributed by atoms with Gasteiger partial charge in [-0.15, -0.1) is 12.4 Å². The summed E-state index contributed by atoms with van der Waals surface area (Å²) in [7, 11) is 5.38. The molecule has 30 nitrogen and oxygen atoms in total. The van der Waals surface area contributed by atoms with Crippen molar-refractivity contribution in [2.75, 3.05) is 108 Å². The molecule has 4 aliphatic rings. The molecule has 1 amide bonds. The van der Waals surface area contributed by atoms with Gasteiger partial charge in [0.2, 0.25) is 6.54 Å². The lowest BCUT2D eigenvalue weighted by atomic mass is 9.75. The van der Waals surface area contributed by atoms with E-state index in [1.165, 1.54) is 34.5 Å². The zero-order valence-corrected chi connectivity index (χ0v) is 67.8. The monoisotopic (exact) mass is 1720 g/mol. The van der Waals surface area contributed by atoms with Crippen molar-refractivity contribution in [1.29, 1.82) is 0 Å². The van der Waals surface area contributed by atoms with Crippen molar-refractivity contribution in [3.63, 3.8) is 0 Å². The molecule has 0 bridgehead atoms. The second-order valence-electron chi connectivity index (χ2n) is 24.7. The molecule has 108 heavy (non-hydrogen) atoms. The number of halogens is 4. The number of amides is 1. The third-order valence-corrected chi connectivity index (χ3v) is 17.7. The Balaban J connectivity index is 0.000000335. The number of methoxy groups -OCH3 is 6. The number of nitrogens with two attached hydrogens (primary N) is 1. The highest BCUT2D eigenvalue weighted by atomic mass is 79.9. The highest BCUT2D eigenvalue weighted by Gasteiger charge is 2.53. The van der Waals surface area contributed by atoms with Crippen molar-refractivity contribution in [3.05, 3.63) is 162 Å². The maximum absolute atomic E-state index is 11.7. The van der Waals surface area contributed by atoms with Crippen LogP contribution in [0.3, 0.4) is 0 Å². The molecule has 1 fully saturated rings. The number of fused-ring (bicyclic) bond motifs is 3. The summed E-state index contributed by atoms with van der Waals surface area (Å²) in [5.41, 5.74) is 10.00. The number of alkyl halides is 1. The van der Waals surface area contributed by atoms with Crippen LogP contribution in [0.5, 0.6) is 34.5 Å². The number of phenols is 1. The number of ether oxygens (including phenoxy) is 12. The number of phenolic OH excluding ortho intramolecular Hbond substituents is 1. The molecule has 38 heteroatoms. The molecule has 10 rings (SSSR count). The van der Waals surface area contributed by atoms with Crippen molar-refractivity contribution in [1.82, 2.24) is 5.32 Å². The minimum absolute atomic E-state index is 0. The van der Waals surface area contributed by atoms with Crippen LogP contribution in [0.4, 0.5) is 4.79 Å². The number of hydrogen-bond acceptors (Lipinski definition) is 28. The average Bonchev–Trinajstić information content (AvgIpc) is 1.63. The smallest absolute Gasteiger partial charge is 0.499 e. The molecule has 1 saturated heterocycles. The van der Waals surface area contributed by atoms with E-state index in [0.717, 1.165) is 42.1 Å². The Kier molecular flexibility index (Phi) is 43.1. The number of carbonyl (C=O) groups is 4. The van der Waals surface area contributed by atoms with Gasteiger partial charge in [-0.2, -0.15) is 0 Å². The number of aldehydes is 3. The van der Waals surface area contributed by atoms with Gasteiger partial charge >= 0.3 is 34.6 Å². The van der Waals surface area contributed by atoms with Crippen molar-refractivity contribution >= 4 is 135 Å². The van der Waals surface area contributed by atoms with Crippen molar-refractivity contribution in [2.24, 2.45) is 5.73 Å². The summed E-state index contributed by atoms with van der Waals surface area (Å²) in [6.07, 6.45) is 1.31. The Morgan fingerprint density at radius 1 is 0.565 bits per heavy atom. The third kappa shape index (κ3) is 29.1. The summed E-state index contributed by atoms with van der Waals surface area (Å²) in [6, 6.07) is 31.1. The van der Waals surface area contributed by atoms with Crippen LogP contribution in [0.2, 0.25) is 0 Å². The van der Waals surface area contributed by atoms with Gasteiger partial charge in [0.25, 0.3) is 0 Å². The summed E-state index contributed by atoms with van der Waals surface area (Å²) >= 11 is 9.59. The predicted molar refractivity (Wildman–Crippen MR) is 417 cm³/mol. The third-order valence-electron chi connectivity index (χ3n) is 15.4. The zero-order chi connectivity index (χ0) is 79.4. The summed E-state index contributed by atoms with van der Waals surface area (Å²) in [6.45, 7) is 14.7. The first-order valence-electron chi connectivity index (χ1n) is 32.9. The van der Waals surface area contributed by atoms with Crippen molar-refractivity contribution in [3.8, 4) is 34.5 Å². The van der Waals surface area contributed by atoms with Crippen LogP contribution in [0.25, 0.3) is 0 Å². The largest absolute Gasteiger partial charge is 0.507 e. The average molecular weight is 1730 g/mol. The van der Waals surface area contributed by atoms with E-state index in [-0.39, 0.29) is 64.8 Å². The summed E-state index contributed by atoms with van der Waals surface area (Å²) in [4.78, 5) is 53.9. The molecule has 6 aromatic carbocycles. The van der Waals surface area contributed by atoms with Crippen LogP contribution in [0.15, 0.2) is 118 Å². The van der Waals surface area contributed by atoms with Crippen molar-refractivity contribution < 1.29 is 124 Å². The van der Waals surface area contributed by atoms with Gasteiger partial charge in [-0.3, -0.25) is 24.5 Å². The van der Waals surface area contributed by atoms with Gasteiger partial charge < -0.3 is 111 Å². The maximum atomic E-state index is 11.7. The van der Waals surface area contributed by atoms with Crippen LogP contribution in [0, 0.1) is 10.1 Å². The van der Waals surface area contributed by atoms with Crippen LogP contribution in [-0.4, -0.2) is 204 Å². The summed E-state index contributed by atoms with van der Waals surface area (Å²) in [5.74, 6) is 2.70. The van der Waals surface area contributed by atoms with Gasteiger partial charge in [-0.05, 0) is 140 Å². The van der Waals surface area contributed by atoms with Gasteiger partial charge in [0.05, 0.1) is 32.4 Å². The minimum atomic E-state index is -1.21. The van der Waals surface area contributed by atoms with Gasteiger partial charge in [0.1, 0.15) is 52.5 Å². The predicted octanol–water partition coefficient (Wildman–Crippen LogP) is 7.88. The molecule has 0 saturated carbocycles. The van der Waals surface area contributed by atoms with E-state index >= 15 is 0 Å². The molecule has 7 N–H and O–H groups in total. The van der Waals surface area contributed by atoms with Crippen molar-refractivity contribution in [2.45, 2.75) is 90.0 Å². The lowest BCUT2D eigenvalue weighted by molar-refractivity contribution is -0.490. The lowest BCUT2D eigenvalue weighted by Gasteiger charge is -2.32. The normalized spacial score (nSPS) is 15.6. The van der Waals surface area contributed by atoms with Crippen LogP contribution in [0.1, 0.15) is 121 Å². The van der Waals surface area contributed by atoms with E-state index in [4.69, 9.17) is 91.0 Å². The highest BCUT2D eigenvalue weighted by molar-refractivity contribution is 9.11. The molecule has 4 heterocycles. The molecule has 4 aliphatic heterocycles. The molecule has 0 aromatic heterocycles. The topological polar surface area (TPSA) is 387 Å². The zero-order valence-electron chi connectivity index (χ0n) is 62.2. The quantitative estimate of drug-likeness (QED) is 0.00543. The molecule has 6 aromatic rings. The number of alkyl carbamates (subject to hydrolysis) is 1. The maximum Gasteiger partial charge on any atom is 0.499 e. The number of rotatable bonds is 27. The van der Waals surface area contributed by atoms with E-state index in [1.54, 1.807) is 120 Å². The molecule has 3 atom stereocenters. The summed E-state index contributed by atoms with van der Waals surface area (Å²) < 4.78 is 90.0. The number of carbonyl (C=O) groups excluding carboxylic acids is 4. The highest BCUT2D eigenvalue weighted by Crippen LogP contribution is 2.38. The minimum Gasteiger partial charge on any atom is -0.507 e. The van der Waals surface area contributed by atoms with E-state index in [2.05, 4.69) is 53.1 Å². The molecular weight excluding hydrogens is 1630 g/mol. The number of nitro groups is 1. The number of aromatic hydroxyl groups is 1. The van der Waals surface area contributed by atoms with E-state index in [9.17, 15) is 44.4 Å². The number of nitrogens with zero attached hydrogens (tertiary/aromatic N) is 1. The van der Waals surface area contributed by atoms with Gasteiger partial charge in [0.15, 0.2) is 46.5 Å². The summed E-state index contributed by atoms with van der Waals surface area (Å²) in [5, 5.41) is 52.9. The second kappa shape index (κ2) is 48.8. The molecule has 3 unspecified atom stereocenters. The Morgan fingerprint density at radius 3 is 1.31 bits per heavy atom. The SMILES string of the molecule is COCCCBr.COCOc1cccc(C=O)c1B1OC(C)(C)C(C)(C)O1.COCOc1cccc(C=O)c1Br.COCOc1cccc2c1B(O)OC2CN.COCOc1cccc2c1B(O)OC2CNC(=O)OC(C)(C)C.COCOc1cccc2c1B(O)OC2C[N+](=O)[O-].Cl.O=Cc1cccc(O)c1Br. The fourth-order valence-corrected chi connectivity index (χ4v) is 10.9. The first-order valence-corrected chi connectivity index (χ1v) is 35.6. The van der Waals surface area contributed by atoms with Crippen LogP contribution >= 0.6 is 60.2 Å². The molecule has 0 spiro atoms. The Labute approximate surface area is 661 Å². The number of nitrogens with one attached hydrogen (secondary N) is 1. The van der Waals surface area contributed by atoms with Crippen LogP contribution in [-0.2, 0) is 56.4 Å². The molecular formula is C70H93B4Br3ClN3O27. The molecule has 0 aliphatic carbocycles. The van der Waals surface area contributed by atoms with Crippen LogP contribution < -0.4 is 56.6 Å². The second-order valence-corrected chi connectivity index (χ2v) is 27.1. The first kappa shape index (κ1) is 95.4. The Hall–Kier alpha value is -6.81. The van der Waals surface area contributed by atoms with Gasteiger partial charge in [-0.1, -0.05) is 88.7 Å². The van der Waals surface area contributed by atoms with E-state index < -0.39 is 75.0 Å². The van der Waals surface area contributed by atoms with Gasteiger partial charge in [-0.25, -0.2) is 4.79 Å². The van der Waals surface area contributed by atoms with E-state index in [0.29, 0.717) is 94.6 Å².